The number of benzene rings is 1. The molecule has 0 bridgehead atoms. The Balaban J connectivity index is 1.97. The zero-order valence-corrected chi connectivity index (χ0v) is 10.8. The van der Waals surface area contributed by atoms with E-state index in [1.165, 1.54) is 0 Å². The van der Waals surface area contributed by atoms with Gasteiger partial charge in [0.2, 0.25) is 5.91 Å². The molecule has 0 atom stereocenters. The molecule has 1 heterocycles. The van der Waals surface area contributed by atoms with Crippen molar-refractivity contribution in [3.8, 4) is 0 Å². The maximum atomic E-state index is 11.7. The summed E-state index contributed by atoms with van der Waals surface area (Å²) in [5.74, 6) is 0.0144. The summed E-state index contributed by atoms with van der Waals surface area (Å²) in [5, 5.41) is 4.83. The second-order valence-electron chi connectivity index (χ2n) is 3.31. The van der Waals surface area contributed by atoms with E-state index in [2.05, 4.69) is 21.2 Å². The summed E-state index contributed by atoms with van der Waals surface area (Å²) in [5.41, 5.74) is 0.816. The fraction of sp³-hybridized carbons (Fsp3) is 0.0833. The van der Waals surface area contributed by atoms with Gasteiger partial charge in [-0.05, 0) is 29.6 Å². The quantitative estimate of drug-likeness (QED) is 0.919. The molecule has 0 spiro atoms. The molecule has 82 valence electrons. The number of hydrogen-bond acceptors (Lipinski definition) is 2. The third-order valence-corrected chi connectivity index (χ3v) is 3.39. The van der Waals surface area contributed by atoms with E-state index in [9.17, 15) is 4.79 Å². The predicted octanol–water partition coefficient (Wildman–Crippen LogP) is 3.69. The number of carbonyl (C=O) groups is 1. The molecule has 16 heavy (non-hydrogen) atoms. The molecular formula is C12H10BrNOS. The highest BCUT2D eigenvalue weighted by Crippen LogP contribution is 2.16. The smallest absolute Gasteiger partial charge is 0.229 e. The van der Waals surface area contributed by atoms with Crippen molar-refractivity contribution in [3.63, 3.8) is 0 Å². The summed E-state index contributed by atoms with van der Waals surface area (Å²) in [6.07, 6.45) is 0.435. The van der Waals surface area contributed by atoms with Crippen LogP contribution in [-0.2, 0) is 11.2 Å². The number of anilines is 1. The average molecular weight is 296 g/mol. The van der Waals surface area contributed by atoms with Gasteiger partial charge in [-0.25, -0.2) is 0 Å². The highest BCUT2D eigenvalue weighted by atomic mass is 79.9. The molecule has 0 saturated carbocycles. The lowest BCUT2D eigenvalue weighted by Gasteiger charge is -2.04. The molecule has 0 aliphatic carbocycles. The van der Waals surface area contributed by atoms with Crippen molar-refractivity contribution >= 4 is 38.9 Å². The Morgan fingerprint density at radius 3 is 2.88 bits per heavy atom. The standard InChI is InChI=1S/C12H10BrNOS/c13-9-3-1-4-10(7-9)14-12(15)8-11-5-2-6-16-11/h1-7H,8H2,(H,14,15). The Hall–Kier alpha value is -1.13. The van der Waals surface area contributed by atoms with Gasteiger partial charge in [0.15, 0.2) is 0 Å². The SMILES string of the molecule is O=C(Cc1cccs1)Nc1cccc(Br)c1. The Bertz CT molecular complexity index is 482. The summed E-state index contributed by atoms with van der Waals surface area (Å²) in [6.45, 7) is 0. The van der Waals surface area contributed by atoms with Crippen molar-refractivity contribution in [2.45, 2.75) is 6.42 Å². The third-order valence-electron chi connectivity index (χ3n) is 2.02. The summed E-state index contributed by atoms with van der Waals surface area (Å²) >= 11 is 4.96. The van der Waals surface area contributed by atoms with Crippen LogP contribution in [0.25, 0.3) is 0 Å². The van der Waals surface area contributed by atoms with Crippen molar-refractivity contribution in [2.75, 3.05) is 5.32 Å². The highest BCUT2D eigenvalue weighted by Gasteiger charge is 2.04. The normalized spacial score (nSPS) is 10.1. The highest BCUT2D eigenvalue weighted by molar-refractivity contribution is 9.10. The molecule has 1 aromatic heterocycles. The van der Waals surface area contributed by atoms with Crippen LogP contribution in [0.4, 0.5) is 5.69 Å². The van der Waals surface area contributed by atoms with Gasteiger partial charge in [-0.2, -0.15) is 0 Å². The molecule has 0 aliphatic rings. The summed E-state index contributed by atoms with van der Waals surface area (Å²) in [6, 6.07) is 11.5. The van der Waals surface area contributed by atoms with Crippen molar-refractivity contribution in [3.05, 3.63) is 51.1 Å². The van der Waals surface area contributed by atoms with Gasteiger partial charge in [0.05, 0.1) is 6.42 Å². The number of halogens is 1. The predicted molar refractivity (Wildman–Crippen MR) is 70.8 cm³/mol. The largest absolute Gasteiger partial charge is 0.326 e. The van der Waals surface area contributed by atoms with Gasteiger partial charge in [0.1, 0.15) is 0 Å². The zero-order chi connectivity index (χ0) is 11.4. The molecule has 2 aromatic rings. The van der Waals surface area contributed by atoms with E-state index in [1.54, 1.807) is 11.3 Å². The summed E-state index contributed by atoms with van der Waals surface area (Å²) in [4.78, 5) is 12.7. The van der Waals surface area contributed by atoms with Gasteiger partial charge in [-0.3, -0.25) is 4.79 Å². The van der Waals surface area contributed by atoms with Crippen LogP contribution in [0.2, 0.25) is 0 Å². The second kappa shape index (κ2) is 5.27. The first-order valence-corrected chi connectivity index (χ1v) is 6.49. The lowest BCUT2D eigenvalue weighted by atomic mass is 10.3. The molecule has 0 fully saturated rings. The number of rotatable bonds is 3. The Morgan fingerprint density at radius 1 is 1.31 bits per heavy atom. The first kappa shape index (κ1) is 11.4. The van der Waals surface area contributed by atoms with Crippen LogP contribution in [0.1, 0.15) is 4.88 Å². The van der Waals surface area contributed by atoms with Crippen LogP contribution in [0, 0.1) is 0 Å². The van der Waals surface area contributed by atoms with Crippen molar-refractivity contribution in [1.29, 1.82) is 0 Å². The van der Waals surface area contributed by atoms with E-state index in [1.807, 2.05) is 41.8 Å². The molecule has 0 radical (unpaired) electrons. The zero-order valence-electron chi connectivity index (χ0n) is 8.44. The molecule has 0 saturated heterocycles. The first-order chi connectivity index (χ1) is 7.74. The van der Waals surface area contributed by atoms with Crippen LogP contribution in [-0.4, -0.2) is 5.91 Å². The summed E-state index contributed by atoms with van der Waals surface area (Å²) in [7, 11) is 0. The first-order valence-electron chi connectivity index (χ1n) is 4.82. The van der Waals surface area contributed by atoms with E-state index in [0.29, 0.717) is 6.42 Å². The Morgan fingerprint density at radius 2 is 2.19 bits per heavy atom. The summed E-state index contributed by atoms with van der Waals surface area (Å²) < 4.78 is 0.960. The Kier molecular flexibility index (Phi) is 3.74. The maximum Gasteiger partial charge on any atom is 0.229 e. The molecule has 0 unspecified atom stereocenters. The van der Waals surface area contributed by atoms with Crippen molar-refractivity contribution in [1.82, 2.24) is 0 Å². The van der Waals surface area contributed by atoms with E-state index in [-0.39, 0.29) is 5.91 Å². The minimum Gasteiger partial charge on any atom is -0.326 e. The Labute approximate surface area is 106 Å². The fourth-order valence-electron chi connectivity index (χ4n) is 1.34. The van der Waals surface area contributed by atoms with Crippen LogP contribution in [0.3, 0.4) is 0 Å². The van der Waals surface area contributed by atoms with Gasteiger partial charge in [0.25, 0.3) is 0 Å². The van der Waals surface area contributed by atoms with Crippen molar-refractivity contribution in [2.24, 2.45) is 0 Å². The van der Waals surface area contributed by atoms with Crippen LogP contribution >= 0.6 is 27.3 Å². The molecule has 2 rings (SSSR count). The number of amides is 1. The van der Waals surface area contributed by atoms with E-state index in [0.717, 1.165) is 15.0 Å². The van der Waals surface area contributed by atoms with Gasteiger partial charge in [-0.15, -0.1) is 11.3 Å². The number of thiophene rings is 1. The van der Waals surface area contributed by atoms with Gasteiger partial charge in [-0.1, -0.05) is 28.1 Å². The van der Waals surface area contributed by atoms with Crippen molar-refractivity contribution < 1.29 is 4.79 Å². The third kappa shape index (κ3) is 3.18. The topological polar surface area (TPSA) is 29.1 Å². The van der Waals surface area contributed by atoms with E-state index in [4.69, 9.17) is 0 Å². The molecule has 2 nitrogen and oxygen atoms in total. The van der Waals surface area contributed by atoms with E-state index < -0.39 is 0 Å². The molecular weight excluding hydrogens is 286 g/mol. The fourth-order valence-corrected chi connectivity index (χ4v) is 2.45. The molecule has 0 aliphatic heterocycles. The van der Waals surface area contributed by atoms with Crippen LogP contribution in [0.5, 0.6) is 0 Å². The average Bonchev–Trinajstić information content (AvgIpc) is 2.70. The van der Waals surface area contributed by atoms with Gasteiger partial charge >= 0.3 is 0 Å². The number of nitrogens with one attached hydrogen (secondary N) is 1. The maximum absolute atomic E-state index is 11.7. The van der Waals surface area contributed by atoms with Gasteiger partial charge < -0.3 is 5.32 Å². The lowest BCUT2D eigenvalue weighted by Crippen LogP contribution is -2.13. The second-order valence-corrected chi connectivity index (χ2v) is 5.26. The molecule has 4 heteroatoms. The number of hydrogen-bond donors (Lipinski definition) is 1. The van der Waals surface area contributed by atoms with E-state index >= 15 is 0 Å². The number of carbonyl (C=O) groups excluding carboxylic acids is 1. The van der Waals surface area contributed by atoms with Gasteiger partial charge in [0, 0.05) is 15.0 Å². The minimum absolute atomic E-state index is 0.0144. The van der Waals surface area contributed by atoms with Crippen LogP contribution in [0.15, 0.2) is 46.3 Å². The lowest BCUT2D eigenvalue weighted by molar-refractivity contribution is -0.115. The monoisotopic (exact) mass is 295 g/mol. The molecule has 1 aromatic carbocycles. The van der Waals surface area contributed by atoms with Crippen LogP contribution < -0.4 is 5.32 Å². The molecule has 1 amide bonds. The molecule has 1 N–H and O–H groups in total. The minimum atomic E-state index is 0.0144.